The largest absolute Gasteiger partial charge is 0.294 e. The van der Waals surface area contributed by atoms with E-state index in [4.69, 9.17) is 0 Å². The average molecular weight is 350 g/mol. The lowest BCUT2D eigenvalue weighted by Gasteiger charge is -1.99. The first-order chi connectivity index (χ1) is 10.6. The van der Waals surface area contributed by atoms with Gasteiger partial charge >= 0.3 is 0 Å². The molecule has 0 saturated carbocycles. The topological polar surface area (TPSA) is 67.8 Å². The van der Waals surface area contributed by atoms with E-state index in [1.165, 1.54) is 22.7 Å². The van der Waals surface area contributed by atoms with E-state index in [0.29, 0.717) is 16.1 Å². The van der Waals surface area contributed by atoms with Gasteiger partial charge in [0.25, 0.3) is 5.91 Å². The minimum absolute atomic E-state index is 0.238. The third-order valence-corrected chi connectivity index (χ3v) is 6.09. The van der Waals surface area contributed by atoms with E-state index < -0.39 is 0 Å². The first-order valence-electron chi connectivity index (χ1n) is 6.75. The van der Waals surface area contributed by atoms with Crippen LogP contribution in [0.3, 0.4) is 0 Å². The summed E-state index contributed by atoms with van der Waals surface area (Å²) >= 11 is 4.42. The Labute approximate surface area is 140 Å². The van der Waals surface area contributed by atoms with Crippen LogP contribution < -0.4 is 5.32 Å². The Kier molecular flexibility index (Phi) is 4.70. The molecule has 1 aromatic carbocycles. The van der Waals surface area contributed by atoms with Crippen molar-refractivity contribution >= 4 is 55.7 Å². The Balaban J connectivity index is 1.68. The van der Waals surface area contributed by atoms with E-state index >= 15 is 0 Å². The summed E-state index contributed by atoms with van der Waals surface area (Å²) in [6.45, 7) is 4.31. The fraction of sp³-hybridized carbons (Fsp3) is 0.286. The predicted molar refractivity (Wildman–Crippen MR) is 93.0 cm³/mol. The molecule has 2 aromatic heterocycles. The van der Waals surface area contributed by atoms with E-state index in [1.54, 1.807) is 11.8 Å². The summed E-state index contributed by atoms with van der Waals surface area (Å²) in [6.07, 6.45) is 0. The highest BCUT2D eigenvalue weighted by Crippen LogP contribution is 2.28. The van der Waals surface area contributed by atoms with Crippen molar-refractivity contribution in [2.75, 3.05) is 11.1 Å². The number of benzene rings is 1. The smallest absolute Gasteiger partial charge is 0.286 e. The van der Waals surface area contributed by atoms with Crippen molar-refractivity contribution in [3.8, 4) is 0 Å². The highest BCUT2D eigenvalue weighted by Gasteiger charge is 2.15. The second-order valence-electron chi connectivity index (χ2n) is 5.02. The van der Waals surface area contributed by atoms with Crippen LogP contribution in [-0.2, 0) is 0 Å². The van der Waals surface area contributed by atoms with Crippen LogP contribution in [0.1, 0.15) is 23.6 Å². The van der Waals surface area contributed by atoms with Crippen LogP contribution in [-0.4, -0.2) is 26.8 Å². The Morgan fingerprint density at radius 3 is 2.86 bits per heavy atom. The maximum Gasteiger partial charge on any atom is 0.286 e. The van der Waals surface area contributed by atoms with Crippen LogP contribution in [0.2, 0.25) is 0 Å². The molecule has 3 aromatic rings. The van der Waals surface area contributed by atoms with Gasteiger partial charge in [0.1, 0.15) is 0 Å². The monoisotopic (exact) mass is 350 g/mol. The summed E-state index contributed by atoms with van der Waals surface area (Å²) in [5, 5.41) is 11.8. The molecule has 0 fully saturated rings. The molecule has 1 N–H and O–H groups in total. The Morgan fingerprint density at radius 1 is 1.27 bits per heavy atom. The number of nitrogens with one attached hydrogen (secondary N) is 1. The summed E-state index contributed by atoms with van der Waals surface area (Å²) in [7, 11) is 0. The van der Waals surface area contributed by atoms with Gasteiger partial charge in [-0.1, -0.05) is 49.1 Å². The molecular weight excluding hydrogens is 336 g/mol. The Morgan fingerprint density at radius 2 is 2.09 bits per heavy atom. The lowest BCUT2D eigenvalue weighted by atomic mass is 10.3. The van der Waals surface area contributed by atoms with Gasteiger partial charge in [-0.15, -0.1) is 21.5 Å². The highest BCUT2D eigenvalue weighted by molar-refractivity contribution is 8.01. The molecule has 0 atom stereocenters. The maximum absolute atomic E-state index is 12.2. The molecule has 22 heavy (non-hydrogen) atoms. The number of amides is 1. The molecule has 0 unspecified atom stereocenters. The number of carbonyl (C=O) groups excluding carboxylic acids is 1. The van der Waals surface area contributed by atoms with Crippen molar-refractivity contribution in [3.05, 3.63) is 29.3 Å². The number of aromatic nitrogens is 3. The number of carbonyl (C=O) groups is 1. The molecule has 0 radical (unpaired) electrons. The first-order valence-corrected chi connectivity index (χ1v) is 9.37. The zero-order chi connectivity index (χ0) is 15.5. The molecular formula is C14H14N4OS3. The second-order valence-corrected chi connectivity index (χ2v) is 8.29. The van der Waals surface area contributed by atoms with Crippen molar-refractivity contribution in [1.82, 2.24) is 15.2 Å². The van der Waals surface area contributed by atoms with Gasteiger partial charge in [0.05, 0.1) is 10.2 Å². The molecule has 114 valence electrons. The third kappa shape index (κ3) is 3.63. The molecule has 0 spiro atoms. The van der Waals surface area contributed by atoms with Crippen LogP contribution >= 0.6 is 34.4 Å². The van der Waals surface area contributed by atoms with E-state index in [9.17, 15) is 4.79 Å². The number of thioether (sulfide) groups is 1. The number of hydrogen-bond donors (Lipinski definition) is 1. The van der Waals surface area contributed by atoms with Crippen molar-refractivity contribution in [3.63, 3.8) is 0 Å². The summed E-state index contributed by atoms with van der Waals surface area (Å²) in [6, 6.07) is 7.70. The fourth-order valence-corrected chi connectivity index (χ4v) is 4.26. The minimum Gasteiger partial charge on any atom is -0.294 e. The molecule has 1 amide bonds. The number of para-hydroxylation sites is 1. The van der Waals surface area contributed by atoms with E-state index in [0.717, 1.165) is 20.3 Å². The number of rotatable bonds is 5. The highest BCUT2D eigenvalue weighted by atomic mass is 32.2. The molecule has 5 nitrogen and oxygen atoms in total. The minimum atomic E-state index is -0.238. The van der Waals surface area contributed by atoms with Gasteiger partial charge in [-0.25, -0.2) is 4.98 Å². The fourth-order valence-electron chi connectivity index (χ4n) is 1.68. The third-order valence-electron chi connectivity index (χ3n) is 2.66. The van der Waals surface area contributed by atoms with Crippen LogP contribution in [0, 0.1) is 5.92 Å². The predicted octanol–water partition coefficient (Wildman–Crippen LogP) is 4.15. The van der Waals surface area contributed by atoms with Crippen molar-refractivity contribution < 1.29 is 4.79 Å². The van der Waals surface area contributed by atoms with E-state index in [-0.39, 0.29) is 5.91 Å². The number of hydrogen-bond acceptors (Lipinski definition) is 7. The molecule has 0 bridgehead atoms. The Hall–Kier alpha value is -1.51. The molecule has 0 aliphatic heterocycles. The number of fused-ring (bicyclic) bond motifs is 1. The molecule has 8 heteroatoms. The summed E-state index contributed by atoms with van der Waals surface area (Å²) in [5.74, 6) is 1.34. The molecule has 0 aliphatic rings. The summed E-state index contributed by atoms with van der Waals surface area (Å²) in [4.78, 5) is 16.6. The van der Waals surface area contributed by atoms with Crippen molar-refractivity contribution in [2.24, 2.45) is 5.92 Å². The lowest BCUT2D eigenvalue weighted by Crippen LogP contribution is -2.11. The van der Waals surface area contributed by atoms with Gasteiger partial charge in [0, 0.05) is 5.75 Å². The molecule has 2 heterocycles. The van der Waals surface area contributed by atoms with Crippen molar-refractivity contribution in [1.29, 1.82) is 0 Å². The molecule has 0 saturated heterocycles. The van der Waals surface area contributed by atoms with Crippen LogP contribution in [0.4, 0.5) is 5.13 Å². The molecule has 0 aliphatic carbocycles. The van der Waals surface area contributed by atoms with Crippen molar-refractivity contribution in [2.45, 2.75) is 18.2 Å². The van der Waals surface area contributed by atoms with Gasteiger partial charge in [-0.2, -0.15) is 0 Å². The van der Waals surface area contributed by atoms with Gasteiger partial charge < -0.3 is 0 Å². The SMILES string of the molecule is CC(C)CSc1nnc(NC(=O)c2nc3ccccc3s2)s1. The normalized spacial score (nSPS) is 11.2. The van der Waals surface area contributed by atoms with Gasteiger partial charge in [-0.05, 0) is 18.1 Å². The van der Waals surface area contributed by atoms with Crippen LogP contribution in [0.5, 0.6) is 0 Å². The summed E-state index contributed by atoms with van der Waals surface area (Å²) in [5.41, 5.74) is 0.836. The molecule has 3 rings (SSSR count). The zero-order valence-electron chi connectivity index (χ0n) is 12.1. The lowest BCUT2D eigenvalue weighted by molar-refractivity contribution is 0.102. The first kappa shape index (κ1) is 15.4. The maximum atomic E-state index is 12.2. The van der Waals surface area contributed by atoms with Gasteiger partial charge in [0.15, 0.2) is 9.35 Å². The standard InChI is InChI=1S/C14H14N4OS3/c1-8(2)7-20-14-18-17-13(22-14)16-11(19)12-15-9-5-3-4-6-10(9)21-12/h3-6,8H,7H2,1-2H3,(H,16,17,19). The number of nitrogens with zero attached hydrogens (tertiary/aromatic N) is 3. The quantitative estimate of drug-likeness (QED) is 0.553. The second kappa shape index (κ2) is 6.72. The van der Waals surface area contributed by atoms with E-state index in [2.05, 4.69) is 34.3 Å². The van der Waals surface area contributed by atoms with Crippen LogP contribution in [0.25, 0.3) is 10.2 Å². The number of thiazole rings is 1. The van der Waals surface area contributed by atoms with Crippen LogP contribution in [0.15, 0.2) is 28.6 Å². The van der Waals surface area contributed by atoms with E-state index in [1.807, 2.05) is 24.3 Å². The zero-order valence-corrected chi connectivity index (χ0v) is 14.5. The summed E-state index contributed by atoms with van der Waals surface area (Å²) < 4.78 is 1.87. The average Bonchev–Trinajstić information content (AvgIpc) is 3.11. The van der Waals surface area contributed by atoms with Gasteiger partial charge in [0.2, 0.25) is 5.13 Å². The number of anilines is 1. The Bertz CT molecular complexity index is 763. The van der Waals surface area contributed by atoms with Gasteiger partial charge in [-0.3, -0.25) is 10.1 Å².